The summed E-state index contributed by atoms with van der Waals surface area (Å²) in [6, 6.07) is 5.51. The van der Waals surface area contributed by atoms with Crippen LogP contribution in [-0.2, 0) is 0 Å². The molecule has 0 fully saturated rings. The number of amidine groups is 2. The number of aromatic nitrogens is 2. The van der Waals surface area contributed by atoms with Crippen LogP contribution in [0.4, 0.5) is 11.5 Å². The number of aliphatic imine (C=N–C) groups is 1. The maximum atomic E-state index is 9.42. The first-order valence-corrected chi connectivity index (χ1v) is 8.35. The number of anilines is 1. The van der Waals surface area contributed by atoms with Gasteiger partial charge in [0.1, 0.15) is 5.10 Å². The summed E-state index contributed by atoms with van der Waals surface area (Å²) in [5, 5.41) is 23.4. The highest BCUT2D eigenvalue weighted by Gasteiger charge is 2.16. The summed E-state index contributed by atoms with van der Waals surface area (Å²) < 4.78 is 5.63. The van der Waals surface area contributed by atoms with Gasteiger partial charge in [0.05, 0.1) is 5.69 Å². The minimum Gasteiger partial charge on any atom is -0.381 e. The minimum atomic E-state index is 0.0820. The topological polar surface area (TPSA) is 138 Å². The minimum absolute atomic E-state index is 0.0820. The number of halogens is 1. The lowest BCUT2D eigenvalue weighted by Crippen LogP contribution is -2.22. The maximum absolute atomic E-state index is 9.42. The summed E-state index contributed by atoms with van der Waals surface area (Å²) in [5.74, 6) is 0.667. The van der Waals surface area contributed by atoms with Crippen LogP contribution >= 0.6 is 15.9 Å². The fraction of sp³-hybridized carbons (Fsp3) is 0.267. The maximum Gasteiger partial charge on any atom is 0.202 e. The van der Waals surface area contributed by atoms with E-state index in [4.69, 9.17) is 16.9 Å². The van der Waals surface area contributed by atoms with Gasteiger partial charge in [-0.05, 0) is 41.4 Å². The molecule has 1 heterocycles. The van der Waals surface area contributed by atoms with Crippen LogP contribution in [0.15, 0.2) is 37.4 Å². The molecule has 0 aliphatic rings. The van der Waals surface area contributed by atoms with Gasteiger partial charge in [0.15, 0.2) is 17.4 Å². The summed E-state index contributed by atoms with van der Waals surface area (Å²) in [4.78, 5) is 7.18. The van der Waals surface area contributed by atoms with E-state index < -0.39 is 0 Å². The monoisotopic (exact) mass is 420 g/mol. The van der Waals surface area contributed by atoms with Gasteiger partial charge in [0, 0.05) is 17.4 Å². The molecule has 0 bridgehead atoms. The number of hydroxylamine groups is 1. The van der Waals surface area contributed by atoms with Crippen molar-refractivity contribution in [1.82, 2.24) is 15.8 Å². The highest BCUT2D eigenvalue weighted by atomic mass is 79.9. The molecule has 11 heteroatoms. The number of nitrogens with two attached hydrogens (primary N) is 1. The van der Waals surface area contributed by atoms with Crippen LogP contribution < -0.4 is 16.5 Å². The van der Waals surface area contributed by atoms with Crippen LogP contribution in [0.1, 0.15) is 24.1 Å². The van der Waals surface area contributed by atoms with E-state index in [0.717, 1.165) is 10.0 Å². The SMILES string of the molecule is [C-]#[N+]/N=C(\N)CCCNc1nonc1C(=Nc1ccc(C)c(Br)c1)NO. The van der Waals surface area contributed by atoms with Crippen molar-refractivity contribution in [2.45, 2.75) is 19.8 Å². The van der Waals surface area contributed by atoms with Gasteiger partial charge in [-0.15, -0.1) is 4.95 Å². The Labute approximate surface area is 158 Å². The second kappa shape index (κ2) is 9.50. The molecule has 0 unspecified atom stereocenters. The Morgan fingerprint density at radius 3 is 2.96 bits per heavy atom. The van der Waals surface area contributed by atoms with Gasteiger partial charge in [-0.3, -0.25) is 10.7 Å². The zero-order valence-corrected chi connectivity index (χ0v) is 15.5. The average Bonchev–Trinajstić information content (AvgIpc) is 3.08. The van der Waals surface area contributed by atoms with E-state index in [1.54, 1.807) is 6.07 Å². The molecule has 10 nitrogen and oxygen atoms in total. The molecule has 0 atom stereocenters. The van der Waals surface area contributed by atoms with E-state index >= 15 is 0 Å². The van der Waals surface area contributed by atoms with Crippen molar-refractivity contribution in [2.24, 2.45) is 15.8 Å². The smallest absolute Gasteiger partial charge is 0.202 e. The zero-order chi connectivity index (χ0) is 18.9. The highest BCUT2D eigenvalue weighted by molar-refractivity contribution is 9.10. The van der Waals surface area contributed by atoms with Crippen LogP contribution in [0.2, 0.25) is 0 Å². The quantitative estimate of drug-likeness (QED) is 0.177. The molecule has 0 saturated heterocycles. The number of nitrogens with one attached hydrogen (secondary N) is 2. The van der Waals surface area contributed by atoms with Crippen LogP contribution in [0.3, 0.4) is 0 Å². The van der Waals surface area contributed by atoms with Crippen molar-refractivity contribution in [3.63, 3.8) is 0 Å². The zero-order valence-electron chi connectivity index (χ0n) is 13.9. The summed E-state index contributed by atoms with van der Waals surface area (Å²) in [6.07, 6.45) is 1.09. The van der Waals surface area contributed by atoms with Gasteiger partial charge in [-0.25, -0.2) is 9.62 Å². The standard InChI is InChI=1S/C15H17BrN8O2/c1-9-5-6-10(8-11(9)16)20-15(22-25)13-14(24-26-23-13)19-7-3-4-12(17)21-18-2/h5-6,8,25H,3-4,7H2,1H3,(H2,17,21)(H,19,24)(H,20,22). The third-order valence-corrected chi connectivity index (χ3v) is 4.15. The summed E-state index contributed by atoms with van der Waals surface area (Å²) in [6.45, 7) is 9.06. The molecule has 5 N–H and O–H groups in total. The Morgan fingerprint density at radius 1 is 1.46 bits per heavy atom. The second-order valence-electron chi connectivity index (χ2n) is 5.19. The predicted octanol–water partition coefficient (Wildman–Crippen LogP) is 2.58. The third-order valence-electron chi connectivity index (χ3n) is 3.30. The molecule has 0 amide bonds. The van der Waals surface area contributed by atoms with Crippen molar-refractivity contribution in [2.75, 3.05) is 11.9 Å². The molecular weight excluding hydrogens is 404 g/mol. The lowest BCUT2D eigenvalue weighted by atomic mass is 10.2. The normalized spacial score (nSPS) is 11.9. The molecular formula is C15H17BrN8O2. The van der Waals surface area contributed by atoms with Gasteiger partial charge >= 0.3 is 0 Å². The van der Waals surface area contributed by atoms with Crippen LogP contribution in [0, 0.1) is 13.5 Å². The van der Waals surface area contributed by atoms with Crippen molar-refractivity contribution < 1.29 is 9.84 Å². The van der Waals surface area contributed by atoms with Gasteiger partial charge in [-0.1, -0.05) is 22.0 Å². The van der Waals surface area contributed by atoms with Crippen molar-refractivity contribution >= 4 is 39.1 Å². The first kappa shape index (κ1) is 19.4. The fourth-order valence-electron chi connectivity index (χ4n) is 1.96. The van der Waals surface area contributed by atoms with E-state index in [0.29, 0.717) is 30.9 Å². The average molecular weight is 421 g/mol. The van der Waals surface area contributed by atoms with Crippen molar-refractivity contribution in [3.05, 3.63) is 45.5 Å². The largest absolute Gasteiger partial charge is 0.381 e. The second-order valence-corrected chi connectivity index (χ2v) is 6.04. The van der Waals surface area contributed by atoms with E-state index in [-0.39, 0.29) is 17.4 Å². The van der Waals surface area contributed by atoms with Gasteiger partial charge in [0.2, 0.25) is 5.82 Å². The first-order valence-electron chi connectivity index (χ1n) is 7.55. The van der Waals surface area contributed by atoms with E-state index in [1.165, 1.54) is 0 Å². The van der Waals surface area contributed by atoms with E-state index in [2.05, 4.69) is 46.6 Å². The molecule has 2 aromatic rings. The Hall–Kier alpha value is -2.97. The Morgan fingerprint density at radius 2 is 2.27 bits per heavy atom. The Bertz CT molecular complexity index is 856. The molecule has 1 aromatic heterocycles. The van der Waals surface area contributed by atoms with Crippen LogP contribution in [0.25, 0.3) is 4.95 Å². The van der Waals surface area contributed by atoms with Crippen molar-refractivity contribution in [1.29, 1.82) is 0 Å². The fourth-order valence-corrected chi connectivity index (χ4v) is 2.33. The number of hydrogen-bond acceptors (Lipinski definition) is 7. The van der Waals surface area contributed by atoms with E-state index in [9.17, 15) is 5.21 Å². The molecule has 136 valence electrons. The van der Waals surface area contributed by atoms with Crippen molar-refractivity contribution in [3.8, 4) is 0 Å². The van der Waals surface area contributed by atoms with Crippen LogP contribution in [0.5, 0.6) is 0 Å². The molecule has 0 saturated carbocycles. The number of nitrogens with zero attached hydrogens (tertiary/aromatic N) is 5. The number of hydrogen-bond donors (Lipinski definition) is 4. The third kappa shape index (κ3) is 5.27. The van der Waals surface area contributed by atoms with Gasteiger partial charge < -0.3 is 11.1 Å². The predicted molar refractivity (Wildman–Crippen MR) is 100 cm³/mol. The van der Waals surface area contributed by atoms with Crippen LogP contribution in [-0.4, -0.2) is 33.7 Å². The highest BCUT2D eigenvalue weighted by Crippen LogP contribution is 2.23. The van der Waals surface area contributed by atoms with E-state index in [1.807, 2.05) is 24.5 Å². The van der Waals surface area contributed by atoms with Gasteiger partial charge in [0.25, 0.3) is 0 Å². The Balaban J connectivity index is 2.09. The lowest BCUT2D eigenvalue weighted by Gasteiger charge is -2.06. The number of aryl methyl sites for hydroxylation is 1. The molecule has 26 heavy (non-hydrogen) atoms. The molecule has 2 rings (SSSR count). The summed E-state index contributed by atoms with van der Waals surface area (Å²) in [7, 11) is 0. The molecule has 0 aliphatic carbocycles. The first-order chi connectivity index (χ1) is 12.5. The molecule has 0 aliphatic heterocycles. The molecule has 1 aromatic carbocycles. The molecule has 0 radical (unpaired) electrons. The number of rotatable bonds is 7. The lowest BCUT2D eigenvalue weighted by molar-refractivity contribution is 0.234. The number of benzene rings is 1. The summed E-state index contributed by atoms with van der Waals surface area (Å²) >= 11 is 3.44. The van der Waals surface area contributed by atoms with Gasteiger partial charge in [-0.2, -0.15) is 6.57 Å². The molecule has 0 spiro atoms. The Kier molecular flexibility index (Phi) is 7.07. The summed E-state index contributed by atoms with van der Waals surface area (Å²) in [5.41, 5.74) is 9.46.